The Labute approximate surface area is 186 Å². The number of aryl methyl sites for hydroxylation is 1. The molecule has 6 heteroatoms. The molecule has 32 heavy (non-hydrogen) atoms. The maximum Gasteiger partial charge on any atom is 0.300 e. The van der Waals surface area contributed by atoms with Crippen LogP contribution in [0.4, 0.5) is 5.69 Å². The molecule has 0 spiro atoms. The van der Waals surface area contributed by atoms with Crippen molar-refractivity contribution in [1.82, 2.24) is 0 Å². The molecule has 0 bridgehead atoms. The Morgan fingerprint density at radius 1 is 0.906 bits per heavy atom. The summed E-state index contributed by atoms with van der Waals surface area (Å²) in [6, 6.07) is 20.3. The molecule has 3 aromatic rings. The topological polar surface area (TPSA) is 76.1 Å². The smallest absolute Gasteiger partial charge is 0.300 e. The van der Waals surface area contributed by atoms with Gasteiger partial charge in [0, 0.05) is 22.9 Å². The van der Waals surface area contributed by atoms with E-state index in [-0.39, 0.29) is 11.3 Å². The van der Waals surface area contributed by atoms with E-state index in [1.807, 2.05) is 31.2 Å². The number of nitrogens with zero attached hydrogens (tertiary/aromatic N) is 1. The van der Waals surface area contributed by atoms with Crippen molar-refractivity contribution < 1.29 is 24.2 Å². The van der Waals surface area contributed by atoms with Gasteiger partial charge in [-0.25, -0.2) is 0 Å². The van der Waals surface area contributed by atoms with Crippen molar-refractivity contribution in [2.24, 2.45) is 0 Å². The lowest BCUT2D eigenvalue weighted by Gasteiger charge is -2.27. The van der Waals surface area contributed by atoms with Gasteiger partial charge >= 0.3 is 0 Å². The number of aliphatic hydroxyl groups excluding tert-OH is 1. The van der Waals surface area contributed by atoms with Crippen molar-refractivity contribution >= 4 is 23.1 Å². The first-order chi connectivity index (χ1) is 15.5. The Balaban J connectivity index is 2.00. The van der Waals surface area contributed by atoms with Crippen LogP contribution in [0.15, 0.2) is 78.4 Å². The Morgan fingerprint density at radius 2 is 1.66 bits per heavy atom. The zero-order valence-corrected chi connectivity index (χ0v) is 18.0. The van der Waals surface area contributed by atoms with E-state index in [1.54, 1.807) is 55.6 Å². The number of carbonyl (C=O) groups excluding carboxylic acids is 2. The van der Waals surface area contributed by atoms with Crippen LogP contribution >= 0.6 is 0 Å². The third kappa shape index (κ3) is 3.60. The van der Waals surface area contributed by atoms with E-state index < -0.39 is 17.7 Å². The van der Waals surface area contributed by atoms with Crippen LogP contribution in [0.3, 0.4) is 0 Å². The van der Waals surface area contributed by atoms with Crippen molar-refractivity contribution in [3.05, 3.63) is 95.1 Å². The van der Waals surface area contributed by atoms with Crippen LogP contribution < -0.4 is 14.4 Å². The second-order valence-corrected chi connectivity index (χ2v) is 7.48. The van der Waals surface area contributed by atoms with E-state index in [1.165, 1.54) is 12.0 Å². The monoisotopic (exact) mass is 429 g/mol. The molecule has 1 fully saturated rings. The normalized spacial score (nSPS) is 17.5. The van der Waals surface area contributed by atoms with Crippen LogP contribution in [0.1, 0.15) is 22.7 Å². The number of benzene rings is 3. The Morgan fingerprint density at radius 3 is 2.31 bits per heavy atom. The van der Waals surface area contributed by atoms with Gasteiger partial charge in [-0.1, -0.05) is 42.5 Å². The summed E-state index contributed by atoms with van der Waals surface area (Å²) < 4.78 is 10.9. The second kappa shape index (κ2) is 8.59. The number of aliphatic hydroxyl groups is 1. The van der Waals surface area contributed by atoms with Gasteiger partial charge in [0.05, 0.1) is 25.8 Å². The van der Waals surface area contributed by atoms with Crippen LogP contribution in [-0.4, -0.2) is 31.0 Å². The van der Waals surface area contributed by atoms with Gasteiger partial charge in [0.15, 0.2) is 0 Å². The summed E-state index contributed by atoms with van der Waals surface area (Å²) >= 11 is 0. The number of amides is 1. The average molecular weight is 429 g/mol. The van der Waals surface area contributed by atoms with E-state index in [0.717, 1.165) is 5.56 Å². The number of ether oxygens (including phenoxy) is 2. The highest BCUT2D eigenvalue weighted by molar-refractivity contribution is 6.51. The highest BCUT2D eigenvalue weighted by atomic mass is 16.5. The fourth-order valence-electron chi connectivity index (χ4n) is 3.97. The van der Waals surface area contributed by atoms with Crippen molar-refractivity contribution in [2.45, 2.75) is 13.0 Å². The van der Waals surface area contributed by atoms with E-state index >= 15 is 0 Å². The molecular weight excluding hydrogens is 406 g/mol. The summed E-state index contributed by atoms with van der Waals surface area (Å²) in [5, 5.41) is 11.1. The lowest BCUT2D eigenvalue weighted by atomic mass is 9.94. The molecule has 3 aromatic carbocycles. The van der Waals surface area contributed by atoms with Gasteiger partial charge < -0.3 is 14.6 Å². The van der Waals surface area contributed by atoms with E-state index in [2.05, 4.69) is 0 Å². The lowest BCUT2D eigenvalue weighted by Crippen LogP contribution is -2.29. The molecule has 1 N–H and O–H groups in total. The summed E-state index contributed by atoms with van der Waals surface area (Å²) in [5.74, 6) is -0.692. The molecule has 162 valence electrons. The van der Waals surface area contributed by atoms with Gasteiger partial charge in [-0.2, -0.15) is 0 Å². The highest BCUT2D eigenvalue weighted by Crippen LogP contribution is 2.45. The summed E-state index contributed by atoms with van der Waals surface area (Å²) in [4.78, 5) is 27.9. The molecule has 1 aliphatic heterocycles. The zero-order chi connectivity index (χ0) is 22.8. The predicted molar refractivity (Wildman–Crippen MR) is 122 cm³/mol. The van der Waals surface area contributed by atoms with Crippen LogP contribution in [0.2, 0.25) is 0 Å². The molecule has 1 saturated heterocycles. The zero-order valence-electron chi connectivity index (χ0n) is 18.0. The Hall–Kier alpha value is -4.06. The third-order valence-electron chi connectivity index (χ3n) is 5.51. The van der Waals surface area contributed by atoms with Crippen molar-refractivity contribution in [3.8, 4) is 11.5 Å². The molecule has 1 heterocycles. The fraction of sp³-hybridized carbons (Fsp3) is 0.154. The van der Waals surface area contributed by atoms with Crippen LogP contribution in [-0.2, 0) is 9.59 Å². The number of anilines is 1. The quantitative estimate of drug-likeness (QED) is 0.363. The first-order valence-electron chi connectivity index (χ1n) is 10.1. The van der Waals surface area contributed by atoms with Crippen LogP contribution in [0.5, 0.6) is 11.5 Å². The number of carbonyl (C=O) groups is 2. The number of hydrogen-bond donors (Lipinski definition) is 1. The predicted octanol–water partition coefficient (Wildman–Crippen LogP) is 4.64. The maximum absolute atomic E-state index is 13.2. The average Bonchev–Trinajstić information content (AvgIpc) is 3.08. The summed E-state index contributed by atoms with van der Waals surface area (Å²) in [6.45, 7) is 1.91. The standard InChI is InChI=1S/C26H23NO5/c1-16-8-7-11-18(14-16)27-23(20-13-12-19(31-2)15-21(20)32-3)22(25(29)26(27)30)24(28)17-9-5-4-6-10-17/h4-15,23,28H,1-3H3. The SMILES string of the molecule is COc1ccc(C2C(=C(O)c3ccccc3)C(=O)C(=O)N2c2cccc(C)c2)c(OC)c1. The number of Topliss-reactive ketones (excluding diaryl/α,β-unsaturated/α-hetero) is 1. The van der Waals surface area contributed by atoms with Crippen molar-refractivity contribution in [2.75, 3.05) is 19.1 Å². The second-order valence-electron chi connectivity index (χ2n) is 7.48. The fourth-order valence-corrected chi connectivity index (χ4v) is 3.97. The van der Waals surface area contributed by atoms with E-state index in [4.69, 9.17) is 9.47 Å². The van der Waals surface area contributed by atoms with Gasteiger partial charge in [0.1, 0.15) is 17.3 Å². The minimum Gasteiger partial charge on any atom is -0.507 e. The summed E-state index contributed by atoms with van der Waals surface area (Å²) in [7, 11) is 3.05. The Kier molecular flexibility index (Phi) is 5.69. The minimum absolute atomic E-state index is 0.00572. The van der Waals surface area contributed by atoms with Crippen LogP contribution in [0.25, 0.3) is 5.76 Å². The number of rotatable bonds is 5. The highest BCUT2D eigenvalue weighted by Gasteiger charge is 2.48. The molecule has 0 aliphatic carbocycles. The summed E-state index contributed by atoms with van der Waals surface area (Å²) in [5.41, 5.74) is 2.51. The molecule has 6 nitrogen and oxygen atoms in total. The molecule has 0 radical (unpaired) electrons. The first-order valence-corrected chi connectivity index (χ1v) is 10.1. The molecule has 0 aromatic heterocycles. The molecule has 1 unspecified atom stereocenters. The van der Waals surface area contributed by atoms with E-state index in [9.17, 15) is 14.7 Å². The summed E-state index contributed by atoms with van der Waals surface area (Å²) in [6.07, 6.45) is 0. The van der Waals surface area contributed by atoms with Gasteiger partial charge in [-0.15, -0.1) is 0 Å². The van der Waals surface area contributed by atoms with E-state index in [0.29, 0.717) is 28.3 Å². The van der Waals surface area contributed by atoms with Gasteiger partial charge in [-0.3, -0.25) is 14.5 Å². The molecule has 1 amide bonds. The molecule has 0 saturated carbocycles. The first kappa shape index (κ1) is 21.2. The van der Waals surface area contributed by atoms with Crippen molar-refractivity contribution in [1.29, 1.82) is 0 Å². The molecular formula is C26H23NO5. The molecule has 1 aliphatic rings. The van der Waals surface area contributed by atoms with Crippen molar-refractivity contribution in [3.63, 3.8) is 0 Å². The molecule has 1 atom stereocenters. The van der Waals surface area contributed by atoms with Gasteiger partial charge in [0.2, 0.25) is 0 Å². The number of methoxy groups -OCH3 is 2. The van der Waals surface area contributed by atoms with Crippen LogP contribution in [0, 0.1) is 6.92 Å². The minimum atomic E-state index is -0.877. The molecule has 4 rings (SSSR count). The van der Waals surface area contributed by atoms with Gasteiger partial charge in [0.25, 0.3) is 11.7 Å². The largest absolute Gasteiger partial charge is 0.507 e. The maximum atomic E-state index is 13.2. The third-order valence-corrected chi connectivity index (χ3v) is 5.51. The Bertz CT molecular complexity index is 1220. The number of ketones is 1. The lowest BCUT2D eigenvalue weighted by molar-refractivity contribution is -0.132. The number of hydrogen-bond acceptors (Lipinski definition) is 5. The van der Waals surface area contributed by atoms with Gasteiger partial charge in [-0.05, 0) is 36.8 Å².